The molecule has 3 fully saturated rings. The van der Waals surface area contributed by atoms with Gasteiger partial charge in [0.05, 0.1) is 30.6 Å². The molecule has 7 rings (SSSR count). The van der Waals surface area contributed by atoms with Gasteiger partial charge in [-0.2, -0.15) is 0 Å². The molecule has 2 bridgehead atoms. The van der Waals surface area contributed by atoms with Crippen molar-refractivity contribution in [2.45, 2.75) is 96.1 Å². The Balaban J connectivity index is 1.38. The molecule has 3 aromatic carbocycles. The summed E-state index contributed by atoms with van der Waals surface area (Å²) >= 11 is 0. The summed E-state index contributed by atoms with van der Waals surface area (Å²) in [7, 11) is 1.04. The van der Waals surface area contributed by atoms with E-state index in [0.717, 1.165) is 27.0 Å². The Labute approximate surface area is 369 Å². The molecule has 15 nitrogen and oxygen atoms in total. The molecule has 0 spiro atoms. The first-order chi connectivity index (χ1) is 30.3. The van der Waals surface area contributed by atoms with Crippen molar-refractivity contribution in [2.24, 2.45) is 16.7 Å². The van der Waals surface area contributed by atoms with E-state index in [9.17, 15) is 33.9 Å². The number of hydrogen-bond acceptors (Lipinski definition) is 15. The van der Waals surface area contributed by atoms with E-state index in [0.29, 0.717) is 16.7 Å². The van der Waals surface area contributed by atoms with Crippen molar-refractivity contribution in [3.63, 3.8) is 0 Å². The van der Waals surface area contributed by atoms with Gasteiger partial charge >= 0.3 is 30.0 Å². The maximum absolute atomic E-state index is 15.9. The summed E-state index contributed by atoms with van der Waals surface area (Å²) in [4.78, 5) is 96.2. The quantitative estimate of drug-likeness (QED) is 0.0823. The van der Waals surface area contributed by atoms with Gasteiger partial charge in [0.2, 0.25) is 0 Å². The Hall–Kier alpha value is -6.45. The van der Waals surface area contributed by atoms with Crippen LogP contribution in [0.4, 0.5) is 4.79 Å². The van der Waals surface area contributed by atoms with Gasteiger partial charge in [-0.05, 0) is 48.8 Å². The van der Waals surface area contributed by atoms with Gasteiger partial charge in [-0.15, -0.1) is 0 Å². The Morgan fingerprint density at radius 1 is 0.781 bits per heavy atom. The summed E-state index contributed by atoms with van der Waals surface area (Å²) in [6.45, 7) is 8.14. The van der Waals surface area contributed by atoms with Crippen LogP contribution in [0.2, 0.25) is 0 Å². The zero-order chi connectivity index (χ0) is 46.4. The summed E-state index contributed by atoms with van der Waals surface area (Å²) in [5, 5.41) is 13.6. The molecular formula is C49H50O15. The van der Waals surface area contributed by atoms with E-state index >= 15 is 4.79 Å². The molecule has 3 aromatic rings. The molecule has 0 radical (unpaired) electrons. The predicted molar refractivity (Wildman–Crippen MR) is 225 cm³/mol. The largest absolute Gasteiger partial charge is 0.509 e. The maximum Gasteiger partial charge on any atom is 0.509 e. The lowest BCUT2D eigenvalue weighted by Crippen LogP contribution is -2.82. The second-order valence-corrected chi connectivity index (χ2v) is 17.4. The smallest absolute Gasteiger partial charge is 0.458 e. The van der Waals surface area contributed by atoms with Crippen LogP contribution in [0.5, 0.6) is 0 Å². The number of fused-ring (bicyclic) bond motifs is 5. The minimum absolute atomic E-state index is 0.0241. The van der Waals surface area contributed by atoms with E-state index in [-0.39, 0.29) is 35.5 Å². The van der Waals surface area contributed by atoms with Crippen LogP contribution < -0.4 is 0 Å². The van der Waals surface area contributed by atoms with Crippen LogP contribution in [0.3, 0.4) is 0 Å². The van der Waals surface area contributed by atoms with Crippen LogP contribution in [-0.4, -0.2) is 102 Å². The summed E-state index contributed by atoms with van der Waals surface area (Å²) in [6, 6.07) is 23.2. The van der Waals surface area contributed by atoms with Crippen molar-refractivity contribution in [1.82, 2.24) is 0 Å². The van der Waals surface area contributed by atoms with Crippen LogP contribution in [0, 0.1) is 16.7 Å². The first-order valence-electron chi connectivity index (χ1n) is 20.8. The van der Waals surface area contributed by atoms with E-state index in [1.165, 1.54) is 25.1 Å². The first-order valence-corrected chi connectivity index (χ1v) is 20.8. The number of benzene rings is 3. The lowest BCUT2D eigenvalue weighted by atomic mass is 9.44. The summed E-state index contributed by atoms with van der Waals surface area (Å²) in [6.07, 6.45) is -6.80. The molecule has 1 heterocycles. The Bertz CT molecular complexity index is 2420. The minimum atomic E-state index is -2.32. The van der Waals surface area contributed by atoms with Gasteiger partial charge in [-0.1, -0.05) is 86.6 Å². The molecule has 0 aromatic heterocycles. The summed E-state index contributed by atoms with van der Waals surface area (Å²) < 4.78 is 41.3. The van der Waals surface area contributed by atoms with Crippen LogP contribution in [0.25, 0.3) is 6.08 Å². The SMILES string of the molecule is COC(=O)O[C@H]1C(=O)[C@]2(C)[C@@H](OC(=O)/C=C/c3ccc(C(=O)c4ccccc4)cc3)C[C@H]3OC[C@@]3(OC(C)=O)[C@H]2[C@H](OC(=O)c2ccccc2)[C@]2(O)C[C@H](OC(C)=O)C(C)=C1C2(C)C. The molecule has 2 saturated carbocycles. The van der Waals surface area contributed by atoms with Gasteiger partial charge < -0.3 is 38.3 Å². The van der Waals surface area contributed by atoms with Crippen molar-refractivity contribution in [1.29, 1.82) is 0 Å². The third kappa shape index (κ3) is 7.80. The topological polar surface area (TPSA) is 204 Å². The number of aliphatic hydroxyl groups is 1. The highest BCUT2D eigenvalue weighted by atomic mass is 16.7. The highest BCUT2D eigenvalue weighted by Gasteiger charge is 2.79. The van der Waals surface area contributed by atoms with Crippen molar-refractivity contribution in [3.8, 4) is 0 Å². The highest BCUT2D eigenvalue weighted by molar-refractivity contribution is 6.09. The van der Waals surface area contributed by atoms with Gasteiger partial charge in [0.15, 0.2) is 23.3 Å². The number of carbonyl (C=O) groups is 7. The molecule has 336 valence electrons. The second kappa shape index (κ2) is 17.3. The average molecular weight is 879 g/mol. The Morgan fingerprint density at radius 2 is 1.39 bits per heavy atom. The molecular weight excluding hydrogens is 829 g/mol. The number of rotatable bonds is 10. The highest BCUT2D eigenvalue weighted by Crippen LogP contribution is 2.65. The van der Waals surface area contributed by atoms with Gasteiger partial charge in [-0.3, -0.25) is 19.2 Å². The molecule has 1 aliphatic heterocycles. The van der Waals surface area contributed by atoms with Gasteiger partial charge in [0, 0.05) is 49.3 Å². The van der Waals surface area contributed by atoms with Gasteiger partial charge in [0.25, 0.3) is 0 Å². The molecule has 3 aliphatic carbocycles. The zero-order valence-corrected chi connectivity index (χ0v) is 36.5. The molecule has 0 unspecified atom stereocenters. The lowest BCUT2D eigenvalue weighted by molar-refractivity contribution is -0.346. The number of carbonyl (C=O) groups excluding carboxylic acids is 7. The minimum Gasteiger partial charge on any atom is -0.458 e. The van der Waals surface area contributed by atoms with Crippen molar-refractivity contribution >= 4 is 47.7 Å². The third-order valence-corrected chi connectivity index (χ3v) is 13.4. The van der Waals surface area contributed by atoms with Crippen LogP contribution in [0.1, 0.15) is 86.2 Å². The molecule has 1 saturated heterocycles. The average Bonchev–Trinajstić information content (AvgIpc) is 3.26. The molecule has 0 amide bonds. The number of methoxy groups -OCH3 is 1. The fraction of sp³-hybridized carbons (Fsp3) is 0.408. The molecule has 64 heavy (non-hydrogen) atoms. The number of hydrogen-bond donors (Lipinski definition) is 1. The molecule has 9 atom stereocenters. The number of ether oxygens (including phenoxy) is 7. The molecule has 4 aliphatic rings. The summed E-state index contributed by atoms with van der Waals surface area (Å²) in [5.41, 5.74) is -6.04. The number of Topliss-reactive ketones (excluding diaryl/α,β-unsaturated/α-hetero) is 1. The standard InChI is InChI=1S/C49H50O15/c1-27-34(60-28(2)50)25-49(57)43(63-44(55)33-16-12-9-13-17-33)41-47(6,42(54)40(62-45(56)58-7)38(27)46(49,4)5)35(24-36-48(41,26-59-36)64-29(3)51)61-37(52)23-20-30-18-21-32(22-19-30)39(53)31-14-10-8-11-15-31/h8-23,34-36,40-41,43,57H,24-26H2,1-7H3/b23-20+/t34-,35-,36+,40+,41-,43-,47+,48-,49+/m0/s1. The van der Waals surface area contributed by atoms with Crippen LogP contribution in [-0.2, 0) is 52.3 Å². The van der Waals surface area contributed by atoms with E-state index in [1.807, 2.05) is 6.07 Å². The number of ketones is 2. The Kier molecular flexibility index (Phi) is 12.3. The monoisotopic (exact) mass is 878 g/mol. The van der Waals surface area contributed by atoms with Crippen molar-refractivity contribution in [3.05, 3.63) is 124 Å². The molecule has 15 heteroatoms. The van der Waals surface area contributed by atoms with E-state index in [2.05, 4.69) is 0 Å². The van der Waals surface area contributed by atoms with E-state index in [1.54, 1.807) is 87.5 Å². The fourth-order valence-corrected chi connectivity index (χ4v) is 10.2. The summed E-state index contributed by atoms with van der Waals surface area (Å²) in [5.74, 6) is -6.02. The maximum atomic E-state index is 15.9. The van der Waals surface area contributed by atoms with Gasteiger partial charge in [0.1, 0.15) is 30.0 Å². The van der Waals surface area contributed by atoms with Gasteiger partial charge in [-0.25, -0.2) is 14.4 Å². The van der Waals surface area contributed by atoms with E-state index < -0.39 is 101 Å². The first kappa shape index (κ1) is 45.6. The van der Waals surface area contributed by atoms with Crippen LogP contribution >= 0.6 is 0 Å². The lowest BCUT2D eigenvalue weighted by Gasteiger charge is -2.67. The van der Waals surface area contributed by atoms with Crippen molar-refractivity contribution in [2.75, 3.05) is 13.7 Å². The van der Waals surface area contributed by atoms with Crippen molar-refractivity contribution < 1.29 is 71.8 Å². The number of esters is 4. The third-order valence-electron chi connectivity index (χ3n) is 13.4. The zero-order valence-electron chi connectivity index (χ0n) is 36.5. The predicted octanol–water partition coefficient (Wildman–Crippen LogP) is 5.94. The Morgan fingerprint density at radius 3 is 1.95 bits per heavy atom. The normalized spacial score (nSPS) is 30.2. The van der Waals surface area contributed by atoms with E-state index in [4.69, 9.17) is 33.2 Å². The molecule has 1 N–H and O–H groups in total. The van der Waals surface area contributed by atoms with Crippen LogP contribution in [0.15, 0.2) is 102 Å². The second-order valence-electron chi connectivity index (χ2n) is 17.4. The fourth-order valence-electron chi connectivity index (χ4n) is 10.2.